The van der Waals surface area contributed by atoms with E-state index in [4.69, 9.17) is 9.47 Å². The van der Waals surface area contributed by atoms with Crippen LogP contribution in [0.25, 0.3) is 0 Å². The summed E-state index contributed by atoms with van der Waals surface area (Å²) < 4.78 is 10.7. The number of amides is 3. The summed E-state index contributed by atoms with van der Waals surface area (Å²) in [6.45, 7) is 7.38. The van der Waals surface area contributed by atoms with Crippen LogP contribution in [-0.2, 0) is 14.3 Å². The minimum Gasteiger partial charge on any atom is -0.444 e. The van der Waals surface area contributed by atoms with Gasteiger partial charge in [0.25, 0.3) is 5.91 Å². The van der Waals surface area contributed by atoms with Gasteiger partial charge in [0.05, 0.1) is 17.3 Å². The molecule has 9 nitrogen and oxygen atoms in total. The van der Waals surface area contributed by atoms with Gasteiger partial charge in [0.2, 0.25) is 5.91 Å². The fourth-order valence-electron chi connectivity index (χ4n) is 3.56. The maximum atomic E-state index is 13.3. The van der Waals surface area contributed by atoms with E-state index in [-0.39, 0.29) is 29.6 Å². The molecule has 3 rings (SSSR count). The van der Waals surface area contributed by atoms with Crippen molar-refractivity contribution in [2.24, 2.45) is 0 Å². The number of nitrogens with one attached hydrogen (secondary N) is 1. The summed E-state index contributed by atoms with van der Waals surface area (Å²) >= 11 is 1.41. The Morgan fingerprint density at radius 2 is 2.00 bits per heavy atom. The van der Waals surface area contributed by atoms with Crippen molar-refractivity contribution in [3.63, 3.8) is 0 Å². The van der Waals surface area contributed by atoms with Gasteiger partial charge in [-0.05, 0) is 45.7 Å². The molecular formula is C21H30N4O5S. The third-order valence-corrected chi connectivity index (χ3v) is 6.10. The summed E-state index contributed by atoms with van der Waals surface area (Å²) in [6.07, 6.45) is 0.962. The Balaban J connectivity index is 1.69. The molecule has 0 spiro atoms. The molecule has 10 heteroatoms. The molecule has 1 aromatic heterocycles. The molecule has 1 N–H and O–H groups in total. The first-order valence-corrected chi connectivity index (χ1v) is 11.4. The second-order valence-electron chi connectivity index (χ2n) is 8.57. The highest BCUT2D eigenvalue weighted by Gasteiger charge is 2.32. The molecule has 0 radical (unpaired) electrons. The van der Waals surface area contributed by atoms with Crippen molar-refractivity contribution >= 4 is 35.5 Å². The predicted octanol–water partition coefficient (Wildman–Crippen LogP) is 2.61. The smallest absolute Gasteiger partial charge is 0.410 e. The lowest BCUT2D eigenvalue weighted by Gasteiger charge is -2.38. The number of anilines is 1. The van der Waals surface area contributed by atoms with Crippen LogP contribution in [0, 0.1) is 0 Å². The average molecular weight is 451 g/mol. The third-order valence-electron chi connectivity index (χ3n) is 5.05. The van der Waals surface area contributed by atoms with Gasteiger partial charge in [0.1, 0.15) is 17.1 Å². The molecule has 1 fully saturated rings. The Kier molecular flexibility index (Phi) is 7.42. The summed E-state index contributed by atoms with van der Waals surface area (Å²) in [5, 5.41) is 2.73. The molecule has 1 aromatic rings. The van der Waals surface area contributed by atoms with Crippen molar-refractivity contribution < 1.29 is 23.9 Å². The maximum absolute atomic E-state index is 13.3. The predicted molar refractivity (Wildman–Crippen MR) is 117 cm³/mol. The van der Waals surface area contributed by atoms with Gasteiger partial charge in [0, 0.05) is 32.8 Å². The quantitative estimate of drug-likeness (QED) is 0.736. The molecule has 3 heterocycles. The van der Waals surface area contributed by atoms with Crippen molar-refractivity contribution in [2.75, 3.05) is 44.4 Å². The monoisotopic (exact) mass is 450 g/mol. The Labute approximate surface area is 186 Å². The zero-order valence-electron chi connectivity index (χ0n) is 18.5. The maximum Gasteiger partial charge on any atom is 0.410 e. The molecule has 2 aliphatic heterocycles. The van der Waals surface area contributed by atoms with E-state index < -0.39 is 5.60 Å². The highest BCUT2D eigenvalue weighted by atomic mass is 32.2. The van der Waals surface area contributed by atoms with Crippen LogP contribution >= 0.6 is 11.8 Å². The summed E-state index contributed by atoms with van der Waals surface area (Å²) in [7, 11) is 1.59. The fraction of sp³-hybridized carbons (Fsp3) is 0.619. The summed E-state index contributed by atoms with van der Waals surface area (Å²) in [6, 6.07) is 3.48. The highest BCUT2D eigenvalue weighted by Crippen LogP contribution is 2.30. The number of aromatic nitrogens is 1. The number of hydrogen-bond acceptors (Lipinski definition) is 7. The first-order valence-electron chi connectivity index (χ1n) is 10.4. The zero-order chi connectivity index (χ0) is 22.6. The number of pyridine rings is 1. The van der Waals surface area contributed by atoms with Gasteiger partial charge in [-0.2, -0.15) is 0 Å². The second kappa shape index (κ2) is 9.86. The van der Waals surface area contributed by atoms with E-state index in [0.717, 1.165) is 4.90 Å². The molecule has 2 aliphatic rings. The van der Waals surface area contributed by atoms with E-state index in [1.807, 2.05) is 26.8 Å². The second-order valence-corrected chi connectivity index (χ2v) is 9.59. The van der Waals surface area contributed by atoms with Crippen molar-refractivity contribution in [3.05, 3.63) is 17.8 Å². The lowest BCUT2D eigenvalue weighted by molar-refractivity contribution is -0.113. The van der Waals surface area contributed by atoms with Gasteiger partial charge in [-0.15, -0.1) is 11.8 Å². The van der Waals surface area contributed by atoms with Gasteiger partial charge < -0.3 is 24.6 Å². The van der Waals surface area contributed by atoms with Crippen molar-refractivity contribution in [2.45, 2.75) is 50.2 Å². The summed E-state index contributed by atoms with van der Waals surface area (Å²) in [4.78, 5) is 46.0. The van der Waals surface area contributed by atoms with E-state index >= 15 is 0 Å². The number of thioether (sulfide) groups is 1. The van der Waals surface area contributed by atoms with Crippen molar-refractivity contribution in [1.82, 2.24) is 14.8 Å². The number of likely N-dealkylation sites (tertiary alicyclic amines) is 1. The Hall–Kier alpha value is -2.33. The minimum absolute atomic E-state index is 0.0388. The van der Waals surface area contributed by atoms with E-state index in [1.165, 1.54) is 11.8 Å². The molecule has 0 aliphatic carbocycles. The van der Waals surface area contributed by atoms with Crippen LogP contribution in [0.3, 0.4) is 0 Å². The number of ether oxygens (including phenoxy) is 2. The van der Waals surface area contributed by atoms with Crippen LogP contribution in [0.5, 0.6) is 0 Å². The Morgan fingerprint density at radius 1 is 1.29 bits per heavy atom. The number of nitrogens with zero attached hydrogens (tertiary/aromatic N) is 3. The zero-order valence-corrected chi connectivity index (χ0v) is 19.3. The van der Waals surface area contributed by atoms with Crippen LogP contribution < -0.4 is 5.32 Å². The van der Waals surface area contributed by atoms with E-state index in [2.05, 4.69) is 10.3 Å². The minimum atomic E-state index is -0.541. The topological polar surface area (TPSA) is 101 Å². The Morgan fingerprint density at radius 3 is 2.65 bits per heavy atom. The largest absolute Gasteiger partial charge is 0.444 e. The number of rotatable bonds is 5. The number of methoxy groups -OCH3 is 1. The van der Waals surface area contributed by atoms with E-state index in [1.54, 1.807) is 23.0 Å². The molecular weight excluding hydrogens is 420 g/mol. The summed E-state index contributed by atoms with van der Waals surface area (Å²) in [5.74, 6) is 0.442. The summed E-state index contributed by atoms with van der Waals surface area (Å²) in [5.41, 5.74) is -0.257. The van der Waals surface area contributed by atoms with E-state index in [0.29, 0.717) is 50.7 Å². The van der Waals surface area contributed by atoms with Gasteiger partial charge in [-0.3, -0.25) is 9.59 Å². The molecule has 0 saturated carbocycles. The standard InChI is InChI=1S/C21H30N4O5S/c1-21(2,3)30-20(28)24-9-7-14(8-10-24)25(11-12-29-4)19(27)15-5-6-16-18(22-15)23-17(26)13-31-16/h5-6,14H,7-13H2,1-4H3,(H,22,23,26). The number of piperidine rings is 1. The van der Waals surface area contributed by atoms with Gasteiger partial charge in [-0.25, -0.2) is 9.78 Å². The van der Waals surface area contributed by atoms with Crippen LogP contribution in [0.4, 0.5) is 10.6 Å². The third kappa shape index (κ3) is 6.10. The molecule has 0 atom stereocenters. The molecule has 1 saturated heterocycles. The molecule has 170 valence electrons. The fourth-order valence-corrected chi connectivity index (χ4v) is 4.31. The van der Waals surface area contributed by atoms with Crippen LogP contribution in [0.1, 0.15) is 44.1 Å². The number of hydrogen-bond donors (Lipinski definition) is 1. The Bertz CT molecular complexity index is 834. The average Bonchev–Trinajstić information content (AvgIpc) is 2.72. The van der Waals surface area contributed by atoms with Crippen molar-refractivity contribution in [1.29, 1.82) is 0 Å². The van der Waals surface area contributed by atoms with Crippen molar-refractivity contribution in [3.8, 4) is 0 Å². The normalized spacial score (nSPS) is 17.0. The SMILES string of the molecule is COCCN(C(=O)c1ccc2c(n1)NC(=O)CS2)C1CCN(C(=O)OC(C)(C)C)CC1. The first kappa shape index (κ1) is 23.3. The van der Waals surface area contributed by atoms with Gasteiger partial charge in [0.15, 0.2) is 0 Å². The number of carbonyl (C=O) groups is 3. The van der Waals surface area contributed by atoms with Crippen LogP contribution in [-0.4, -0.2) is 83.4 Å². The molecule has 0 unspecified atom stereocenters. The highest BCUT2D eigenvalue weighted by molar-refractivity contribution is 8.00. The molecule has 31 heavy (non-hydrogen) atoms. The molecule has 0 bridgehead atoms. The number of carbonyl (C=O) groups excluding carboxylic acids is 3. The van der Waals surface area contributed by atoms with Crippen LogP contribution in [0.2, 0.25) is 0 Å². The first-order chi connectivity index (χ1) is 14.7. The van der Waals surface area contributed by atoms with E-state index in [9.17, 15) is 14.4 Å². The molecule has 3 amide bonds. The van der Waals surface area contributed by atoms with Gasteiger partial charge >= 0.3 is 6.09 Å². The number of fused-ring (bicyclic) bond motifs is 1. The van der Waals surface area contributed by atoms with Crippen LogP contribution in [0.15, 0.2) is 17.0 Å². The lowest BCUT2D eigenvalue weighted by Crippen LogP contribution is -2.50. The van der Waals surface area contributed by atoms with Gasteiger partial charge in [-0.1, -0.05) is 0 Å². The lowest BCUT2D eigenvalue weighted by atomic mass is 10.0. The molecule has 0 aromatic carbocycles.